The zero-order valence-electron chi connectivity index (χ0n) is 14.8. The molecule has 132 valence electrons. The second-order valence-electron chi connectivity index (χ2n) is 6.01. The molecule has 0 bridgehead atoms. The minimum absolute atomic E-state index is 0.0583. The van der Waals surface area contributed by atoms with Crippen LogP contribution in [0.3, 0.4) is 0 Å². The molecule has 3 aromatic rings. The molecule has 0 fully saturated rings. The maximum Gasteiger partial charge on any atom is 0.230 e. The molecule has 1 amide bonds. The second-order valence-corrected chi connectivity index (χ2v) is 7.01. The van der Waals surface area contributed by atoms with Crippen molar-refractivity contribution in [2.45, 2.75) is 26.7 Å². The molecule has 0 atom stereocenters. The molecule has 0 spiro atoms. The molecule has 0 aliphatic carbocycles. The van der Waals surface area contributed by atoms with Crippen LogP contribution in [0.25, 0.3) is 11.3 Å². The van der Waals surface area contributed by atoms with Gasteiger partial charge < -0.3 is 5.32 Å². The Morgan fingerprint density at radius 3 is 2.27 bits per heavy atom. The first-order valence-electron chi connectivity index (χ1n) is 8.51. The first-order valence-corrected chi connectivity index (χ1v) is 9.33. The van der Waals surface area contributed by atoms with Crippen LogP contribution >= 0.6 is 11.3 Å². The molecule has 3 rings (SSSR count). The van der Waals surface area contributed by atoms with Gasteiger partial charge in [-0.2, -0.15) is 0 Å². The third kappa shape index (κ3) is 4.24. The average Bonchev–Trinajstić information content (AvgIpc) is 3.07. The van der Waals surface area contributed by atoms with Crippen molar-refractivity contribution in [2.75, 3.05) is 5.32 Å². The Labute approximate surface area is 156 Å². The number of aryl methyl sites for hydroxylation is 1. The molecular weight excluding hydrogens is 344 g/mol. The molecular formula is C21H20N2O2S. The number of amides is 1. The van der Waals surface area contributed by atoms with Crippen LogP contribution in [-0.4, -0.2) is 16.7 Å². The van der Waals surface area contributed by atoms with E-state index in [1.807, 2.05) is 54.6 Å². The second kappa shape index (κ2) is 8.06. The van der Waals surface area contributed by atoms with Crippen LogP contribution in [0.1, 0.15) is 34.6 Å². The molecule has 26 heavy (non-hydrogen) atoms. The zero-order chi connectivity index (χ0) is 18.5. The molecule has 1 N–H and O–H groups in total. The minimum Gasteiger partial charge on any atom is -0.302 e. The van der Waals surface area contributed by atoms with Crippen molar-refractivity contribution in [3.8, 4) is 11.3 Å². The van der Waals surface area contributed by atoms with Gasteiger partial charge in [0.1, 0.15) is 0 Å². The topological polar surface area (TPSA) is 59.1 Å². The number of hydrogen-bond donors (Lipinski definition) is 1. The minimum atomic E-state index is -0.141. The summed E-state index contributed by atoms with van der Waals surface area (Å²) in [5, 5.41) is 3.27. The van der Waals surface area contributed by atoms with Gasteiger partial charge in [0, 0.05) is 12.5 Å². The Bertz CT molecular complexity index is 915. The van der Waals surface area contributed by atoms with Crippen molar-refractivity contribution in [2.24, 2.45) is 0 Å². The summed E-state index contributed by atoms with van der Waals surface area (Å²) in [5.41, 5.74) is 3.68. The Morgan fingerprint density at radius 2 is 1.65 bits per heavy atom. The Kier molecular flexibility index (Phi) is 5.58. The van der Waals surface area contributed by atoms with E-state index in [0.29, 0.717) is 15.7 Å². The lowest BCUT2D eigenvalue weighted by atomic mass is 10.1. The highest BCUT2D eigenvalue weighted by atomic mass is 32.1. The highest BCUT2D eigenvalue weighted by molar-refractivity contribution is 7.18. The molecule has 1 heterocycles. The normalized spacial score (nSPS) is 10.5. The van der Waals surface area contributed by atoms with E-state index in [2.05, 4.69) is 17.2 Å². The third-order valence-corrected chi connectivity index (χ3v) is 5.11. The number of nitrogens with zero attached hydrogens (tertiary/aromatic N) is 1. The van der Waals surface area contributed by atoms with Crippen LogP contribution in [0.4, 0.5) is 5.13 Å². The van der Waals surface area contributed by atoms with Crippen LogP contribution in [0.2, 0.25) is 0 Å². The monoisotopic (exact) mass is 364 g/mol. The lowest BCUT2D eigenvalue weighted by Crippen LogP contribution is -2.14. The number of carbonyl (C=O) groups is 2. The molecule has 0 saturated heterocycles. The molecule has 1 aromatic heterocycles. The van der Waals surface area contributed by atoms with E-state index < -0.39 is 0 Å². The van der Waals surface area contributed by atoms with Crippen molar-refractivity contribution in [3.63, 3.8) is 0 Å². The first-order chi connectivity index (χ1) is 12.6. The van der Waals surface area contributed by atoms with Crippen molar-refractivity contribution in [3.05, 3.63) is 70.6 Å². The van der Waals surface area contributed by atoms with Crippen LogP contribution in [0, 0.1) is 0 Å². The summed E-state index contributed by atoms with van der Waals surface area (Å²) in [6, 6.07) is 17.5. The van der Waals surface area contributed by atoms with Gasteiger partial charge in [-0.3, -0.25) is 9.59 Å². The molecule has 0 aliphatic rings. The summed E-state index contributed by atoms with van der Waals surface area (Å²) < 4.78 is 0. The van der Waals surface area contributed by atoms with Crippen LogP contribution in [0.15, 0.2) is 54.6 Å². The van der Waals surface area contributed by atoms with E-state index in [1.165, 1.54) is 23.8 Å². The highest BCUT2D eigenvalue weighted by Crippen LogP contribution is 2.31. The van der Waals surface area contributed by atoms with E-state index in [0.717, 1.165) is 17.5 Å². The summed E-state index contributed by atoms with van der Waals surface area (Å²) in [4.78, 5) is 29.3. The molecule has 4 nitrogen and oxygen atoms in total. The molecule has 5 heteroatoms. The number of anilines is 1. The predicted molar refractivity (Wildman–Crippen MR) is 106 cm³/mol. The van der Waals surface area contributed by atoms with Crippen molar-refractivity contribution in [1.29, 1.82) is 0 Å². The quantitative estimate of drug-likeness (QED) is 0.642. The van der Waals surface area contributed by atoms with Crippen molar-refractivity contribution < 1.29 is 9.59 Å². The smallest absolute Gasteiger partial charge is 0.230 e. The van der Waals surface area contributed by atoms with Crippen molar-refractivity contribution in [1.82, 2.24) is 4.98 Å². The standard InChI is InChI=1S/C21H20N2O2S/c1-3-15-9-11-16(12-10-15)13-18(25)22-21-23-19(20(26-21)14(2)24)17-7-5-4-6-8-17/h4-12H,3,13H2,1-2H3,(H,22,23,25). The summed E-state index contributed by atoms with van der Waals surface area (Å²) in [6.07, 6.45) is 1.25. The Morgan fingerprint density at radius 1 is 1.00 bits per heavy atom. The molecule has 2 aromatic carbocycles. The summed E-state index contributed by atoms with van der Waals surface area (Å²) in [5.74, 6) is -0.199. The Hall–Kier alpha value is -2.79. The third-order valence-electron chi connectivity index (χ3n) is 4.04. The van der Waals surface area contributed by atoms with Gasteiger partial charge >= 0.3 is 0 Å². The number of benzene rings is 2. The maximum atomic E-state index is 12.3. The largest absolute Gasteiger partial charge is 0.302 e. The van der Waals surface area contributed by atoms with Gasteiger partial charge in [-0.1, -0.05) is 72.9 Å². The number of aromatic nitrogens is 1. The zero-order valence-corrected chi connectivity index (χ0v) is 15.6. The lowest BCUT2D eigenvalue weighted by Gasteiger charge is -2.03. The molecule has 0 radical (unpaired) electrons. The van der Waals surface area contributed by atoms with Gasteiger partial charge in [0.15, 0.2) is 10.9 Å². The highest BCUT2D eigenvalue weighted by Gasteiger charge is 2.17. The average molecular weight is 364 g/mol. The first kappa shape index (κ1) is 18.0. The lowest BCUT2D eigenvalue weighted by molar-refractivity contribution is -0.115. The Balaban J connectivity index is 1.77. The number of rotatable bonds is 6. The van der Waals surface area contributed by atoms with Gasteiger partial charge in [0.25, 0.3) is 0 Å². The van der Waals surface area contributed by atoms with E-state index in [1.54, 1.807) is 0 Å². The van der Waals surface area contributed by atoms with E-state index in [9.17, 15) is 9.59 Å². The van der Waals surface area contributed by atoms with Gasteiger partial charge in [-0.25, -0.2) is 4.98 Å². The van der Waals surface area contributed by atoms with Crippen molar-refractivity contribution >= 4 is 28.2 Å². The van der Waals surface area contributed by atoms with E-state index in [-0.39, 0.29) is 18.1 Å². The number of carbonyl (C=O) groups excluding carboxylic acids is 2. The number of ketones is 1. The molecule has 0 aliphatic heterocycles. The van der Waals surface area contributed by atoms with Gasteiger partial charge in [-0.05, 0) is 17.5 Å². The predicted octanol–water partition coefficient (Wildman–Crippen LogP) is 4.76. The SMILES string of the molecule is CCc1ccc(CC(=O)Nc2nc(-c3ccccc3)c(C(C)=O)s2)cc1. The van der Waals surface area contributed by atoms with Crippen LogP contribution in [-0.2, 0) is 17.6 Å². The van der Waals surface area contributed by atoms with Gasteiger partial charge in [0.2, 0.25) is 5.91 Å². The summed E-state index contributed by atoms with van der Waals surface area (Å²) in [7, 11) is 0. The molecule has 0 unspecified atom stereocenters. The number of thiazole rings is 1. The van der Waals surface area contributed by atoms with Gasteiger partial charge in [0.05, 0.1) is 17.0 Å². The molecule has 0 saturated carbocycles. The summed E-state index contributed by atoms with van der Waals surface area (Å²) >= 11 is 1.21. The fourth-order valence-corrected chi connectivity index (χ4v) is 3.54. The number of hydrogen-bond acceptors (Lipinski definition) is 4. The maximum absolute atomic E-state index is 12.3. The van der Waals surface area contributed by atoms with E-state index in [4.69, 9.17) is 0 Å². The number of nitrogens with one attached hydrogen (secondary N) is 1. The fourth-order valence-electron chi connectivity index (χ4n) is 2.65. The fraction of sp³-hybridized carbons (Fsp3) is 0.190. The van der Waals surface area contributed by atoms with Gasteiger partial charge in [-0.15, -0.1) is 0 Å². The number of Topliss-reactive ketones (excluding diaryl/α,β-unsaturated/α-hetero) is 1. The van der Waals surface area contributed by atoms with Crippen LogP contribution < -0.4 is 5.32 Å². The summed E-state index contributed by atoms with van der Waals surface area (Å²) in [6.45, 7) is 3.61. The van der Waals surface area contributed by atoms with Crippen LogP contribution in [0.5, 0.6) is 0 Å². The van der Waals surface area contributed by atoms with E-state index >= 15 is 0 Å².